The Kier molecular flexibility index (Phi) is 9.77. The van der Waals surface area contributed by atoms with E-state index in [2.05, 4.69) is 289 Å². The van der Waals surface area contributed by atoms with Gasteiger partial charge in [0, 0.05) is 33.8 Å². The van der Waals surface area contributed by atoms with E-state index >= 15 is 0 Å². The van der Waals surface area contributed by atoms with E-state index in [0.717, 1.165) is 34.1 Å². The van der Waals surface area contributed by atoms with E-state index in [0.29, 0.717) is 0 Å². The molecule has 1 spiro atoms. The van der Waals surface area contributed by atoms with Crippen LogP contribution in [0.2, 0.25) is 0 Å². The van der Waals surface area contributed by atoms with Gasteiger partial charge in [-0.15, -0.1) is 0 Å². The molecule has 0 saturated carbocycles. The molecule has 0 fully saturated rings. The molecule has 2 aliphatic rings. The third-order valence-electron chi connectivity index (χ3n) is 14.3. The lowest BCUT2D eigenvalue weighted by Gasteiger charge is -2.37. The van der Waals surface area contributed by atoms with Crippen LogP contribution < -0.4 is 9.80 Å². The molecule has 1 unspecified atom stereocenters. The molecule has 11 aromatic carbocycles. The van der Waals surface area contributed by atoms with E-state index in [4.69, 9.17) is 0 Å². The van der Waals surface area contributed by atoms with Gasteiger partial charge in [-0.05, 0) is 116 Å². The van der Waals surface area contributed by atoms with E-state index in [1.54, 1.807) is 0 Å². The van der Waals surface area contributed by atoms with E-state index in [9.17, 15) is 0 Å². The molecular formula is C67H46N2. The molecule has 324 valence electrons. The molecule has 69 heavy (non-hydrogen) atoms. The van der Waals surface area contributed by atoms with Crippen molar-refractivity contribution < 1.29 is 0 Å². The highest BCUT2D eigenvalue weighted by Gasteiger charge is 2.51. The Balaban J connectivity index is 1.14. The van der Waals surface area contributed by atoms with Gasteiger partial charge in [-0.3, -0.25) is 0 Å². The summed E-state index contributed by atoms with van der Waals surface area (Å²) < 4.78 is 0. The zero-order valence-corrected chi connectivity index (χ0v) is 38.0. The van der Waals surface area contributed by atoms with Gasteiger partial charge < -0.3 is 9.80 Å². The monoisotopic (exact) mass is 878 g/mol. The van der Waals surface area contributed by atoms with Crippen molar-refractivity contribution in [3.8, 4) is 55.6 Å². The third-order valence-corrected chi connectivity index (χ3v) is 14.3. The smallest absolute Gasteiger partial charge is 0.0727 e. The summed E-state index contributed by atoms with van der Waals surface area (Å²) in [6.07, 6.45) is 0. The van der Waals surface area contributed by atoms with Crippen LogP contribution in [0.5, 0.6) is 0 Å². The van der Waals surface area contributed by atoms with Crippen molar-refractivity contribution in [1.29, 1.82) is 0 Å². The van der Waals surface area contributed by atoms with Crippen molar-refractivity contribution >= 4 is 34.1 Å². The average molecular weight is 879 g/mol. The van der Waals surface area contributed by atoms with Crippen LogP contribution in [0.1, 0.15) is 22.3 Å². The van der Waals surface area contributed by atoms with Gasteiger partial charge in [0.1, 0.15) is 0 Å². The third kappa shape index (κ3) is 6.41. The summed E-state index contributed by atoms with van der Waals surface area (Å²) in [6, 6.07) is 103. The minimum atomic E-state index is -0.731. The van der Waals surface area contributed by atoms with Gasteiger partial charge in [-0.1, -0.05) is 224 Å². The number of fused-ring (bicyclic) bond motifs is 12. The lowest BCUT2D eigenvalue weighted by Crippen LogP contribution is -2.30. The topological polar surface area (TPSA) is 6.48 Å². The van der Waals surface area contributed by atoms with Crippen LogP contribution in [0.25, 0.3) is 55.6 Å². The maximum Gasteiger partial charge on any atom is 0.0727 e. The molecule has 13 rings (SSSR count). The molecule has 0 amide bonds. The highest BCUT2D eigenvalue weighted by Crippen LogP contribution is 2.64. The predicted octanol–water partition coefficient (Wildman–Crippen LogP) is 18.0. The average Bonchev–Trinajstić information content (AvgIpc) is 3.68. The number of hydrogen-bond donors (Lipinski definition) is 0. The second kappa shape index (κ2) is 16.7. The normalized spacial score (nSPS) is 13.9. The maximum absolute atomic E-state index is 2.52. The number of rotatable bonds is 8. The fraction of sp³-hybridized carbons (Fsp3) is 0.0149. The van der Waals surface area contributed by atoms with Crippen LogP contribution >= 0.6 is 0 Å². The lowest BCUT2D eigenvalue weighted by molar-refractivity contribution is 0.775. The second-order valence-corrected chi connectivity index (χ2v) is 17.9. The van der Waals surface area contributed by atoms with Crippen LogP contribution in [0.4, 0.5) is 34.1 Å². The van der Waals surface area contributed by atoms with Gasteiger partial charge in [0.15, 0.2) is 0 Å². The number of benzene rings is 11. The minimum absolute atomic E-state index is 0.731. The van der Waals surface area contributed by atoms with Crippen molar-refractivity contribution in [3.63, 3.8) is 0 Å². The van der Waals surface area contributed by atoms with Crippen molar-refractivity contribution in [1.82, 2.24) is 0 Å². The molecule has 0 saturated heterocycles. The molecule has 0 N–H and O–H groups in total. The molecule has 2 heteroatoms. The Labute approximate surface area is 404 Å². The molecule has 2 nitrogen and oxygen atoms in total. The van der Waals surface area contributed by atoms with Crippen LogP contribution in [0.3, 0.4) is 0 Å². The van der Waals surface area contributed by atoms with Crippen molar-refractivity contribution in [2.75, 3.05) is 9.80 Å². The van der Waals surface area contributed by atoms with Crippen LogP contribution in [-0.2, 0) is 5.41 Å². The highest BCUT2D eigenvalue weighted by atomic mass is 15.2. The molecular weight excluding hydrogens is 833 g/mol. The van der Waals surface area contributed by atoms with E-state index in [1.165, 1.54) is 77.9 Å². The number of para-hydroxylation sites is 4. The quantitative estimate of drug-likeness (QED) is 0.150. The fourth-order valence-electron chi connectivity index (χ4n) is 11.5. The van der Waals surface area contributed by atoms with Crippen molar-refractivity contribution in [3.05, 3.63) is 301 Å². The maximum atomic E-state index is 2.52. The van der Waals surface area contributed by atoms with Gasteiger partial charge >= 0.3 is 0 Å². The molecule has 11 aromatic rings. The summed E-state index contributed by atoms with van der Waals surface area (Å²) in [7, 11) is 0. The van der Waals surface area contributed by atoms with E-state index in [1.807, 2.05) is 0 Å². The second-order valence-electron chi connectivity index (χ2n) is 17.9. The summed E-state index contributed by atoms with van der Waals surface area (Å²) in [5, 5.41) is 0. The fourth-order valence-corrected chi connectivity index (χ4v) is 11.5. The van der Waals surface area contributed by atoms with Gasteiger partial charge in [-0.25, -0.2) is 0 Å². The van der Waals surface area contributed by atoms with Crippen LogP contribution in [0.15, 0.2) is 279 Å². The zero-order valence-electron chi connectivity index (χ0n) is 38.0. The lowest BCUT2D eigenvalue weighted by atomic mass is 9.65. The van der Waals surface area contributed by atoms with Crippen molar-refractivity contribution in [2.24, 2.45) is 0 Å². The molecule has 0 aromatic heterocycles. The van der Waals surface area contributed by atoms with Crippen LogP contribution in [0, 0.1) is 0 Å². The van der Waals surface area contributed by atoms with Gasteiger partial charge in [0.2, 0.25) is 0 Å². The molecule has 0 heterocycles. The summed E-state index contributed by atoms with van der Waals surface area (Å²) in [4.78, 5) is 4.94. The first kappa shape index (κ1) is 40.3. The van der Waals surface area contributed by atoms with Gasteiger partial charge in [0.25, 0.3) is 0 Å². The standard InChI is InChI=1S/C67H46N2/c1-5-24-47(25-6-1)52-32-17-21-41-63(52)68(49-28-9-3-10-29-49)51-44-45-57-55-35-14-13-34-54(55)56-36-15-19-38-59(56)67(62(57)46-51)60-39-20-16-37-58(60)66-61(67)40-23-43-65(66)69(50-30-11-4-12-31-50)64-42-22-18-33-53(64)48-26-7-2-8-27-48/h1-46H. The molecule has 1 atom stereocenters. The zero-order chi connectivity index (χ0) is 45.7. The van der Waals surface area contributed by atoms with Gasteiger partial charge in [-0.2, -0.15) is 0 Å². The highest BCUT2D eigenvalue weighted by molar-refractivity contribution is 6.03. The number of anilines is 6. The molecule has 2 aliphatic carbocycles. The number of nitrogens with zero attached hydrogens (tertiary/aromatic N) is 2. The Hall–Kier alpha value is -8.98. The molecule has 0 bridgehead atoms. The van der Waals surface area contributed by atoms with E-state index in [-0.39, 0.29) is 0 Å². The number of hydrogen-bond acceptors (Lipinski definition) is 2. The SMILES string of the molecule is c1ccc(-c2ccccc2N(c2ccccc2)c2ccc3c(c2)C2(c4ccccc4-c4ccccc4-3)c3ccccc3-c3c(N(c4ccccc4)c4ccccc4-c4ccccc4)cccc32)cc1. The summed E-state index contributed by atoms with van der Waals surface area (Å²) in [6.45, 7) is 0. The Morgan fingerprint density at radius 2 is 0.609 bits per heavy atom. The summed E-state index contributed by atoms with van der Waals surface area (Å²) in [5.41, 5.74) is 23.0. The van der Waals surface area contributed by atoms with Crippen LogP contribution in [-0.4, -0.2) is 0 Å². The molecule has 0 radical (unpaired) electrons. The molecule has 0 aliphatic heterocycles. The largest absolute Gasteiger partial charge is 0.310 e. The minimum Gasteiger partial charge on any atom is -0.310 e. The Bertz CT molecular complexity index is 3680. The van der Waals surface area contributed by atoms with E-state index < -0.39 is 5.41 Å². The summed E-state index contributed by atoms with van der Waals surface area (Å²) in [5.74, 6) is 0. The van der Waals surface area contributed by atoms with Crippen molar-refractivity contribution in [2.45, 2.75) is 5.41 Å². The first-order valence-corrected chi connectivity index (χ1v) is 23.9. The Morgan fingerprint density at radius 3 is 1.19 bits per heavy atom. The first-order valence-electron chi connectivity index (χ1n) is 23.9. The predicted molar refractivity (Wildman–Crippen MR) is 288 cm³/mol. The Morgan fingerprint density at radius 1 is 0.217 bits per heavy atom. The first-order chi connectivity index (χ1) is 34.3. The summed E-state index contributed by atoms with van der Waals surface area (Å²) >= 11 is 0. The van der Waals surface area contributed by atoms with Gasteiger partial charge in [0.05, 0.1) is 22.5 Å².